The van der Waals surface area contributed by atoms with Gasteiger partial charge in [0.15, 0.2) is 17.5 Å². The molecule has 6 nitrogen and oxygen atoms in total. The molecule has 0 atom stereocenters. The van der Waals surface area contributed by atoms with E-state index in [9.17, 15) is 18.0 Å². The Morgan fingerprint density at radius 3 is 2.67 bits per heavy atom. The summed E-state index contributed by atoms with van der Waals surface area (Å²) >= 11 is 0. The molecule has 2 rings (SSSR count). The molecule has 3 N–H and O–H groups in total. The van der Waals surface area contributed by atoms with Gasteiger partial charge in [0.2, 0.25) is 0 Å². The molecular weight excluding hydrogens is 327 g/mol. The number of nitrogens with zero attached hydrogens (tertiary/aromatic N) is 1. The van der Waals surface area contributed by atoms with Gasteiger partial charge in [0.1, 0.15) is 0 Å². The molecule has 2 aromatic rings. The summed E-state index contributed by atoms with van der Waals surface area (Å²) in [7, 11) is 0. The molecular formula is C15H14F3N3O3. The maximum Gasteiger partial charge on any atom is 0.277 e. The normalized spacial score (nSPS) is 10.5. The first-order chi connectivity index (χ1) is 11.4. The third-order valence-corrected chi connectivity index (χ3v) is 2.95. The van der Waals surface area contributed by atoms with Gasteiger partial charge in [-0.1, -0.05) is 0 Å². The molecule has 1 aromatic heterocycles. The molecule has 0 aliphatic rings. The van der Waals surface area contributed by atoms with Gasteiger partial charge in [-0.15, -0.1) is 0 Å². The summed E-state index contributed by atoms with van der Waals surface area (Å²) in [6.45, 7) is 1.15. The van der Waals surface area contributed by atoms with Gasteiger partial charge in [0, 0.05) is 5.69 Å². The lowest BCUT2D eigenvalue weighted by molar-refractivity contribution is 0.0168. The number of hydrogen-bond donors (Lipinski definition) is 3. The van der Waals surface area contributed by atoms with Gasteiger partial charge in [-0.3, -0.25) is 14.6 Å². The smallest absolute Gasteiger partial charge is 0.277 e. The number of pyridine rings is 1. The summed E-state index contributed by atoms with van der Waals surface area (Å²) in [4.78, 5) is 20.5. The molecule has 1 aromatic carbocycles. The number of aliphatic hydroxyl groups is 1. The second-order valence-electron chi connectivity index (χ2n) is 4.73. The number of hydroxylamine groups is 1. The summed E-state index contributed by atoms with van der Waals surface area (Å²) in [5.41, 5.74) is 1.79. The highest BCUT2D eigenvalue weighted by Crippen LogP contribution is 2.28. The van der Waals surface area contributed by atoms with Crippen LogP contribution in [0.2, 0.25) is 0 Å². The molecule has 0 spiro atoms. The molecule has 9 heteroatoms. The van der Waals surface area contributed by atoms with Crippen molar-refractivity contribution in [3.63, 3.8) is 0 Å². The highest BCUT2D eigenvalue weighted by atomic mass is 19.2. The zero-order chi connectivity index (χ0) is 17.7. The fourth-order valence-corrected chi connectivity index (χ4v) is 1.80. The van der Waals surface area contributed by atoms with Crippen LogP contribution in [-0.4, -0.2) is 29.2 Å². The number of benzene rings is 1. The molecule has 0 aliphatic carbocycles. The second-order valence-corrected chi connectivity index (χ2v) is 4.73. The monoisotopic (exact) mass is 341 g/mol. The number of aromatic nitrogens is 1. The van der Waals surface area contributed by atoms with E-state index in [2.05, 4.69) is 15.1 Å². The Labute approximate surface area is 135 Å². The number of aliphatic hydroxyl groups excluding tert-OH is 1. The Morgan fingerprint density at radius 1 is 1.29 bits per heavy atom. The molecule has 0 radical (unpaired) electrons. The van der Waals surface area contributed by atoms with Crippen LogP contribution < -0.4 is 10.8 Å². The van der Waals surface area contributed by atoms with Crippen molar-refractivity contribution in [1.29, 1.82) is 0 Å². The quantitative estimate of drug-likeness (QED) is 0.426. The van der Waals surface area contributed by atoms with Crippen LogP contribution in [0.15, 0.2) is 24.4 Å². The van der Waals surface area contributed by atoms with Crippen molar-refractivity contribution in [2.45, 2.75) is 6.92 Å². The number of anilines is 2. The maximum atomic E-state index is 14.1. The van der Waals surface area contributed by atoms with Crippen LogP contribution in [0.4, 0.5) is 24.5 Å². The standard InChI is InChI=1S/C15H14F3N3O3/c1-8-2-3-9(7-19-8)20-14-10(15(23)21-24-5-4-22)6-11(16)12(17)13(14)18/h2-3,6-7,20,22H,4-5H2,1H3,(H,21,23). The van der Waals surface area contributed by atoms with E-state index < -0.39 is 34.6 Å². The number of amides is 1. The predicted octanol–water partition coefficient (Wildman–Crippen LogP) is 2.20. The first-order valence-electron chi connectivity index (χ1n) is 6.84. The van der Waals surface area contributed by atoms with Crippen LogP contribution in [0, 0.1) is 24.4 Å². The van der Waals surface area contributed by atoms with Crippen LogP contribution >= 0.6 is 0 Å². The number of halogens is 3. The molecule has 1 amide bonds. The van der Waals surface area contributed by atoms with Gasteiger partial charge < -0.3 is 10.4 Å². The summed E-state index contributed by atoms with van der Waals surface area (Å²) in [5.74, 6) is -5.80. The van der Waals surface area contributed by atoms with Crippen LogP contribution in [0.1, 0.15) is 16.1 Å². The maximum absolute atomic E-state index is 14.1. The van der Waals surface area contributed by atoms with Gasteiger partial charge >= 0.3 is 0 Å². The number of carbonyl (C=O) groups is 1. The minimum absolute atomic E-state index is 0.220. The molecule has 0 saturated carbocycles. The zero-order valence-corrected chi connectivity index (χ0v) is 12.6. The van der Waals surface area contributed by atoms with E-state index in [1.807, 2.05) is 5.48 Å². The number of rotatable bonds is 6. The largest absolute Gasteiger partial charge is 0.394 e. The molecule has 0 saturated heterocycles. The van der Waals surface area contributed by atoms with E-state index in [4.69, 9.17) is 5.11 Å². The molecule has 1 heterocycles. The predicted molar refractivity (Wildman–Crippen MR) is 79.1 cm³/mol. The van der Waals surface area contributed by atoms with Crippen molar-refractivity contribution in [2.75, 3.05) is 18.5 Å². The van der Waals surface area contributed by atoms with Gasteiger partial charge in [0.05, 0.1) is 36.3 Å². The van der Waals surface area contributed by atoms with Crippen molar-refractivity contribution in [1.82, 2.24) is 10.5 Å². The van der Waals surface area contributed by atoms with E-state index >= 15 is 0 Å². The second kappa shape index (κ2) is 7.75. The topological polar surface area (TPSA) is 83.5 Å². The van der Waals surface area contributed by atoms with E-state index in [1.165, 1.54) is 12.3 Å². The number of carbonyl (C=O) groups excluding carboxylic acids is 1. The Morgan fingerprint density at radius 2 is 2.04 bits per heavy atom. The van der Waals surface area contributed by atoms with E-state index in [1.54, 1.807) is 13.0 Å². The number of hydrogen-bond acceptors (Lipinski definition) is 5. The Bertz CT molecular complexity index is 739. The molecule has 0 bridgehead atoms. The van der Waals surface area contributed by atoms with Crippen molar-refractivity contribution < 1.29 is 27.9 Å². The first kappa shape index (κ1) is 17.7. The van der Waals surface area contributed by atoms with Crippen LogP contribution in [-0.2, 0) is 4.84 Å². The van der Waals surface area contributed by atoms with Gasteiger partial charge in [0.25, 0.3) is 5.91 Å². The molecule has 24 heavy (non-hydrogen) atoms. The lowest BCUT2D eigenvalue weighted by Gasteiger charge is -2.14. The van der Waals surface area contributed by atoms with Gasteiger partial charge in [-0.25, -0.2) is 18.7 Å². The molecule has 0 unspecified atom stereocenters. The van der Waals surface area contributed by atoms with E-state index in [0.29, 0.717) is 11.8 Å². The molecule has 128 valence electrons. The Kier molecular flexibility index (Phi) is 5.72. The van der Waals surface area contributed by atoms with Crippen molar-refractivity contribution in [3.05, 3.63) is 53.1 Å². The van der Waals surface area contributed by atoms with Crippen LogP contribution in [0.5, 0.6) is 0 Å². The molecule has 0 aliphatic heterocycles. The Hall–Kier alpha value is -2.65. The number of aryl methyl sites for hydroxylation is 1. The van der Waals surface area contributed by atoms with Crippen molar-refractivity contribution in [2.24, 2.45) is 0 Å². The lowest BCUT2D eigenvalue weighted by Crippen LogP contribution is -2.26. The summed E-state index contributed by atoms with van der Waals surface area (Å²) in [6, 6.07) is 3.69. The zero-order valence-electron chi connectivity index (χ0n) is 12.6. The minimum atomic E-state index is -1.72. The van der Waals surface area contributed by atoms with Crippen molar-refractivity contribution in [3.8, 4) is 0 Å². The summed E-state index contributed by atoms with van der Waals surface area (Å²) in [6.07, 6.45) is 1.35. The first-order valence-corrected chi connectivity index (χ1v) is 6.84. The van der Waals surface area contributed by atoms with Gasteiger partial charge in [-0.2, -0.15) is 0 Å². The van der Waals surface area contributed by atoms with E-state index in [0.717, 1.165) is 0 Å². The summed E-state index contributed by atoms with van der Waals surface area (Å²) < 4.78 is 41.0. The average Bonchev–Trinajstić information content (AvgIpc) is 2.57. The average molecular weight is 341 g/mol. The van der Waals surface area contributed by atoms with Gasteiger partial charge in [-0.05, 0) is 25.1 Å². The Balaban J connectivity index is 2.38. The van der Waals surface area contributed by atoms with Crippen LogP contribution in [0.3, 0.4) is 0 Å². The molecule has 0 fully saturated rings. The third kappa shape index (κ3) is 4.00. The van der Waals surface area contributed by atoms with Crippen LogP contribution in [0.25, 0.3) is 0 Å². The van der Waals surface area contributed by atoms with Crippen molar-refractivity contribution >= 4 is 17.3 Å². The number of nitrogens with one attached hydrogen (secondary N) is 2. The minimum Gasteiger partial charge on any atom is -0.394 e. The SMILES string of the molecule is Cc1ccc(Nc2c(C(=O)NOCCO)cc(F)c(F)c2F)cn1. The lowest BCUT2D eigenvalue weighted by atomic mass is 10.1. The van der Waals surface area contributed by atoms with E-state index in [-0.39, 0.29) is 18.9 Å². The third-order valence-electron chi connectivity index (χ3n) is 2.95. The highest BCUT2D eigenvalue weighted by molar-refractivity contribution is 6.00. The summed E-state index contributed by atoms with van der Waals surface area (Å²) in [5, 5.41) is 11.1. The fraction of sp³-hybridized carbons (Fsp3) is 0.200. The highest BCUT2D eigenvalue weighted by Gasteiger charge is 2.23. The fourth-order valence-electron chi connectivity index (χ4n) is 1.80.